The lowest BCUT2D eigenvalue weighted by atomic mass is 9.99. The van der Waals surface area contributed by atoms with Crippen molar-refractivity contribution in [2.45, 2.75) is 429 Å². The molecular formula is C72H141NO8. The number of hydrogen-bond donors (Lipinski definition) is 6. The summed E-state index contributed by atoms with van der Waals surface area (Å²) in [5.41, 5.74) is 0. The van der Waals surface area contributed by atoms with Crippen LogP contribution in [-0.2, 0) is 14.3 Å². The van der Waals surface area contributed by atoms with E-state index in [-0.39, 0.29) is 12.5 Å². The standard InChI is InChI=1S/C72H141NO8/c1-3-5-7-9-11-13-15-17-19-21-23-25-26-27-28-29-30-31-32-33-34-35-36-37-38-39-40-42-44-46-48-50-52-54-56-58-60-62-68(76)73-65(64-80-72-71(79)70(78)69(77)67(63-74)81-72)66(75)61-59-57-55-53-51-49-47-45-43-41-24-22-20-18-16-14-12-10-8-6-4-2/h21,23,65-67,69-72,74-75,77-79H,3-20,22,24-64H2,1-2H3,(H,73,76)/b23-21-. The third-order valence-electron chi connectivity index (χ3n) is 17.9. The summed E-state index contributed by atoms with van der Waals surface area (Å²) in [6.07, 6.45) is 73.0. The topological polar surface area (TPSA) is 149 Å². The van der Waals surface area contributed by atoms with Crippen LogP contribution in [0.2, 0.25) is 0 Å². The van der Waals surface area contributed by atoms with E-state index >= 15 is 0 Å². The molecule has 0 saturated carbocycles. The summed E-state index contributed by atoms with van der Waals surface area (Å²) >= 11 is 0. The van der Waals surface area contributed by atoms with E-state index < -0.39 is 49.5 Å². The second-order valence-electron chi connectivity index (χ2n) is 25.7. The van der Waals surface area contributed by atoms with Gasteiger partial charge in [0.25, 0.3) is 0 Å². The molecule has 9 nitrogen and oxygen atoms in total. The molecule has 1 saturated heterocycles. The van der Waals surface area contributed by atoms with Gasteiger partial charge in [-0.25, -0.2) is 0 Å². The van der Waals surface area contributed by atoms with Crippen molar-refractivity contribution in [1.82, 2.24) is 5.32 Å². The molecule has 7 atom stereocenters. The van der Waals surface area contributed by atoms with E-state index in [1.165, 1.54) is 321 Å². The second-order valence-corrected chi connectivity index (χ2v) is 25.7. The molecule has 0 aromatic carbocycles. The number of amides is 1. The molecule has 0 bridgehead atoms. The van der Waals surface area contributed by atoms with Crippen molar-refractivity contribution in [3.05, 3.63) is 12.2 Å². The van der Waals surface area contributed by atoms with Gasteiger partial charge in [0.05, 0.1) is 25.4 Å². The summed E-state index contributed by atoms with van der Waals surface area (Å²) in [4.78, 5) is 13.2. The maximum Gasteiger partial charge on any atom is 0.220 e. The van der Waals surface area contributed by atoms with Gasteiger partial charge in [-0.05, 0) is 38.5 Å². The molecule has 1 fully saturated rings. The molecule has 1 amide bonds. The van der Waals surface area contributed by atoms with Gasteiger partial charge in [-0.15, -0.1) is 0 Å². The van der Waals surface area contributed by atoms with Crippen LogP contribution in [0.15, 0.2) is 12.2 Å². The van der Waals surface area contributed by atoms with Crippen molar-refractivity contribution in [3.63, 3.8) is 0 Å². The third kappa shape index (κ3) is 50.8. The summed E-state index contributed by atoms with van der Waals surface area (Å²) in [7, 11) is 0. The third-order valence-corrected chi connectivity index (χ3v) is 17.9. The van der Waals surface area contributed by atoms with Crippen molar-refractivity contribution >= 4 is 5.91 Å². The summed E-state index contributed by atoms with van der Waals surface area (Å²) in [6.45, 7) is 3.90. The van der Waals surface area contributed by atoms with Gasteiger partial charge in [-0.3, -0.25) is 4.79 Å². The van der Waals surface area contributed by atoms with Crippen LogP contribution in [0.5, 0.6) is 0 Å². The van der Waals surface area contributed by atoms with Crippen LogP contribution < -0.4 is 5.32 Å². The van der Waals surface area contributed by atoms with Gasteiger partial charge >= 0.3 is 0 Å². The van der Waals surface area contributed by atoms with E-state index in [4.69, 9.17) is 9.47 Å². The first kappa shape index (κ1) is 77.9. The van der Waals surface area contributed by atoms with Crippen molar-refractivity contribution in [1.29, 1.82) is 0 Å². The average Bonchev–Trinajstić information content (AvgIpc) is 3.49. The molecule has 0 aromatic rings. The number of aliphatic hydroxyl groups excluding tert-OH is 5. The molecule has 1 heterocycles. The minimum Gasteiger partial charge on any atom is -0.394 e. The molecule has 1 aliphatic heterocycles. The average molecular weight is 1150 g/mol. The van der Waals surface area contributed by atoms with Crippen molar-refractivity contribution in [3.8, 4) is 0 Å². The molecule has 0 aliphatic carbocycles. The molecule has 7 unspecified atom stereocenters. The van der Waals surface area contributed by atoms with E-state index in [9.17, 15) is 30.3 Å². The Morgan fingerprint density at radius 2 is 0.691 bits per heavy atom. The zero-order valence-corrected chi connectivity index (χ0v) is 54.1. The van der Waals surface area contributed by atoms with Crippen molar-refractivity contribution < 1.29 is 39.8 Å². The number of nitrogens with one attached hydrogen (secondary N) is 1. The van der Waals surface area contributed by atoms with Crippen molar-refractivity contribution in [2.75, 3.05) is 13.2 Å². The highest BCUT2D eigenvalue weighted by Crippen LogP contribution is 2.24. The van der Waals surface area contributed by atoms with Gasteiger partial charge in [-0.2, -0.15) is 0 Å². The first-order valence-electron chi connectivity index (χ1n) is 36.4. The molecule has 1 aliphatic rings. The Bertz CT molecular complexity index is 1280. The summed E-state index contributed by atoms with van der Waals surface area (Å²) < 4.78 is 11.4. The number of aliphatic hydroxyl groups is 5. The number of unbranched alkanes of at least 4 members (excludes halogenated alkanes) is 53. The smallest absolute Gasteiger partial charge is 0.220 e. The van der Waals surface area contributed by atoms with Crippen LogP contribution in [-0.4, -0.2) is 87.5 Å². The quantitative estimate of drug-likeness (QED) is 0.0261. The van der Waals surface area contributed by atoms with E-state index in [0.717, 1.165) is 38.5 Å². The Balaban J connectivity index is 2.04. The predicted octanol–water partition coefficient (Wildman–Crippen LogP) is 19.9. The normalized spacial score (nSPS) is 18.3. The van der Waals surface area contributed by atoms with Gasteiger partial charge in [0, 0.05) is 6.42 Å². The number of allylic oxidation sites excluding steroid dienone is 2. The number of rotatable bonds is 65. The molecular weight excluding hydrogens is 1010 g/mol. The Morgan fingerprint density at radius 3 is 1.00 bits per heavy atom. The molecule has 0 aromatic heterocycles. The van der Waals surface area contributed by atoms with E-state index in [1.54, 1.807) is 0 Å². The lowest BCUT2D eigenvalue weighted by Gasteiger charge is -2.40. The summed E-state index contributed by atoms with van der Waals surface area (Å²) in [6, 6.07) is -0.716. The highest BCUT2D eigenvalue weighted by Gasteiger charge is 2.44. The summed E-state index contributed by atoms with van der Waals surface area (Å²) in [5.74, 6) is -0.134. The maximum atomic E-state index is 13.2. The van der Waals surface area contributed by atoms with Crippen LogP contribution in [0.1, 0.15) is 386 Å². The zero-order valence-electron chi connectivity index (χ0n) is 54.1. The first-order valence-corrected chi connectivity index (χ1v) is 36.4. The molecule has 1 rings (SSSR count). The minimum atomic E-state index is -1.55. The number of carbonyl (C=O) groups excluding carboxylic acids is 1. The Morgan fingerprint density at radius 1 is 0.407 bits per heavy atom. The van der Waals surface area contributed by atoms with Gasteiger partial charge in [0.1, 0.15) is 24.4 Å². The van der Waals surface area contributed by atoms with E-state index in [2.05, 4.69) is 31.3 Å². The Hall–Kier alpha value is -1.07. The Kier molecular flexibility index (Phi) is 59.7. The molecule has 81 heavy (non-hydrogen) atoms. The monoisotopic (exact) mass is 1150 g/mol. The van der Waals surface area contributed by atoms with Gasteiger partial charge in [0.15, 0.2) is 6.29 Å². The van der Waals surface area contributed by atoms with E-state index in [1.807, 2.05) is 0 Å². The highest BCUT2D eigenvalue weighted by molar-refractivity contribution is 5.76. The molecule has 482 valence electrons. The number of hydrogen-bond acceptors (Lipinski definition) is 8. The van der Waals surface area contributed by atoms with Crippen molar-refractivity contribution in [2.24, 2.45) is 0 Å². The second kappa shape index (κ2) is 62.0. The highest BCUT2D eigenvalue weighted by atomic mass is 16.7. The minimum absolute atomic E-state index is 0.131. The molecule has 6 N–H and O–H groups in total. The maximum absolute atomic E-state index is 13.2. The number of carbonyl (C=O) groups is 1. The first-order chi connectivity index (χ1) is 39.8. The van der Waals surface area contributed by atoms with Crippen LogP contribution in [0.4, 0.5) is 0 Å². The molecule has 0 spiro atoms. The van der Waals surface area contributed by atoms with E-state index in [0.29, 0.717) is 12.8 Å². The van der Waals surface area contributed by atoms with Gasteiger partial charge in [-0.1, -0.05) is 353 Å². The SMILES string of the molecule is CCCCCCCCCC/C=C\CCCCCCCCCCCCCCCCCCCCCCCCCCCC(=O)NC(COC1OC(CO)C(O)C(O)C1O)C(O)CCCCCCCCCCCCCCCCCCCCCCC. The zero-order chi connectivity index (χ0) is 58.6. The van der Waals surface area contributed by atoms with Crippen LogP contribution in [0.25, 0.3) is 0 Å². The fourth-order valence-corrected chi connectivity index (χ4v) is 12.2. The fraction of sp³-hybridized carbons (Fsp3) is 0.958. The predicted molar refractivity (Wildman–Crippen MR) is 346 cm³/mol. The lowest BCUT2D eigenvalue weighted by molar-refractivity contribution is -0.302. The number of ether oxygens (including phenoxy) is 2. The van der Waals surface area contributed by atoms with Gasteiger partial charge in [0.2, 0.25) is 5.91 Å². The summed E-state index contributed by atoms with van der Waals surface area (Å²) in [5, 5.41) is 54.9. The molecule has 9 heteroatoms. The van der Waals surface area contributed by atoms with Gasteiger partial charge < -0.3 is 40.3 Å². The lowest BCUT2D eigenvalue weighted by Crippen LogP contribution is -2.60. The fourth-order valence-electron chi connectivity index (χ4n) is 12.2. The largest absolute Gasteiger partial charge is 0.394 e. The van der Waals surface area contributed by atoms with Crippen LogP contribution >= 0.6 is 0 Å². The molecule has 0 radical (unpaired) electrons. The Labute approximate surface area is 503 Å². The van der Waals surface area contributed by atoms with Crippen LogP contribution in [0.3, 0.4) is 0 Å². The van der Waals surface area contributed by atoms with Crippen LogP contribution in [0, 0.1) is 0 Å².